The number of rotatable bonds is 8. The number of carbonyl (C=O) groups excluding carboxylic acids is 1. The molecule has 2 aromatic carbocycles. The molecule has 0 spiro atoms. The minimum absolute atomic E-state index is 0.0797. The zero-order valence-electron chi connectivity index (χ0n) is 18.7. The Labute approximate surface area is 196 Å². The van der Waals surface area contributed by atoms with Crippen molar-refractivity contribution in [2.45, 2.75) is 26.2 Å². The molecule has 1 aliphatic rings. The third kappa shape index (κ3) is 4.64. The Morgan fingerprint density at radius 3 is 2.88 bits per heavy atom. The number of aromatic amines is 1. The molecule has 0 saturated heterocycles. The summed E-state index contributed by atoms with van der Waals surface area (Å²) in [6.45, 7) is 3.29. The number of H-pyrrole nitrogens is 1. The molecule has 2 aromatic heterocycles. The monoisotopic (exact) mass is 463 g/mol. The van der Waals surface area contributed by atoms with E-state index in [2.05, 4.69) is 16.0 Å². The molecule has 1 fully saturated rings. The third-order valence-corrected chi connectivity index (χ3v) is 7.17. The van der Waals surface area contributed by atoms with E-state index in [0.29, 0.717) is 36.3 Å². The highest BCUT2D eigenvalue weighted by molar-refractivity contribution is 7.17. The van der Waals surface area contributed by atoms with Crippen LogP contribution in [0.3, 0.4) is 0 Å². The Hall–Kier alpha value is -3.19. The van der Waals surface area contributed by atoms with E-state index >= 15 is 0 Å². The van der Waals surface area contributed by atoms with Gasteiger partial charge in [0.15, 0.2) is 5.69 Å². The van der Waals surface area contributed by atoms with E-state index in [1.54, 1.807) is 19.2 Å². The van der Waals surface area contributed by atoms with Crippen molar-refractivity contribution in [3.63, 3.8) is 0 Å². The van der Waals surface area contributed by atoms with Gasteiger partial charge in [0.2, 0.25) is 0 Å². The number of aryl methyl sites for hydroxylation is 1. The standard InChI is InChI=1S/C26H26FN3O2S/c1-16-4-3-5-18(12-16)24-23(29-26(32-2)33-24)25(31)30(15-17-6-7-17)11-10-19-14-28-22-9-8-20(27)13-21(19)22/h3-5,8-9,12-14,17,28H,6-7,10-11,15H2,1-2H3. The fourth-order valence-electron chi connectivity index (χ4n) is 4.17. The fraction of sp³-hybridized carbons (Fsp3) is 0.308. The van der Waals surface area contributed by atoms with Gasteiger partial charge in [-0.25, -0.2) is 4.39 Å². The van der Waals surface area contributed by atoms with Crippen LogP contribution in [-0.2, 0) is 6.42 Å². The van der Waals surface area contributed by atoms with E-state index in [1.165, 1.54) is 17.4 Å². The number of ether oxygens (including phenoxy) is 1. The molecule has 0 bridgehead atoms. The zero-order valence-corrected chi connectivity index (χ0v) is 19.5. The number of benzene rings is 2. The number of nitrogens with one attached hydrogen (secondary N) is 1. The van der Waals surface area contributed by atoms with Crippen LogP contribution in [0.4, 0.5) is 4.39 Å². The van der Waals surface area contributed by atoms with E-state index in [-0.39, 0.29) is 11.7 Å². The second-order valence-corrected chi connectivity index (χ2v) is 9.64. The number of halogens is 1. The molecule has 170 valence electrons. The molecule has 1 saturated carbocycles. The summed E-state index contributed by atoms with van der Waals surface area (Å²) in [6, 6.07) is 12.8. The molecule has 2 heterocycles. The van der Waals surface area contributed by atoms with E-state index < -0.39 is 0 Å². The van der Waals surface area contributed by atoms with E-state index in [1.807, 2.05) is 36.2 Å². The van der Waals surface area contributed by atoms with Crippen LogP contribution >= 0.6 is 11.3 Å². The third-order valence-electron chi connectivity index (χ3n) is 6.11. The van der Waals surface area contributed by atoms with Gasteiger partial charge in [-0.05, 0) is 61.4 Å². The molecule has 0 radical (unpaired) electrons. The van der Waals surface area contributed by atoms with Gasteiger partial charge in [-0.2, -0.15) is 4.98 Å². The van der Waals surface area contributed by atoms with E-state index in [9.17, 15) is 9.18 Å². The molecule has 0 atom stereocenters. The molecule has 7 heteroatoms. The Kier molecular flexibility index (Phi) is 5.89. The van der Waals surface area contributed by atoms with Gasteiger partial charge >= 0.3 is 0 Å². The number of hydrogen-bond acceptors (Lipinski definition) is 4. The molecule has 1 amide bonds. The first-order valence-electron chi connectivity index (χ1n) is 11.2. The molecule has 0 unspecified atom stereocenters. The number of thiazole rings is 1. The molecule has 1 aliphatic carbocycles. The first-order chi connectivity index (χ1) is 16.0. The Morgan fingerprint density at radius 1 is 1.27 bits per heavy atom. The summed E-state index contributed by atoms with van der Waals surface area (Å²) in [5, 5.41) is 1.35. The summed E-state index contributed by atoms with van der Waals surface area (Å²) in [7, 11) is 1.57. The lowest BCUT2D eigenvalue weighted by Gasteiger charge is -2.22. The molecule has 33 heavy (non-hydrogen) atoms. The van der Waals surface area contributed by atoms with Crippen molar-refractivity contribution in [1.82, 2.24) is 14.9 Å². The highest BCUT2D eigenvalue weighted by atomic mass is 32.1. The quantitative estimate of drug-likeness (QED) is 0.357. The molecule has 5 rings (SSSR count). The van der Waals surface area contributed by atoms with Crippen molar-refractivity contribution in [3.05, 3.63) is 71.3 Å². The van der Waals surface area contributed by atoms with Crippen molar-refractivity contribution >= 4 is 28.1 Å². The fourth-order valence-corrected chi connectivity index (χ4v) is 5.03. The maximum atomic E-state index is 13.8. The predicted molar refractivity (Wildman–Crippen MR) is 129 cm³/mol. The Balaban J connectivity index is 1.44. The number of methoxy groups -OCH3 is 1. The molecular weight excluding hydrogens is 437 g/mol. The van der Waals surface area contributed by atoms with Gasteiger partial charge in [-0.3, -0.25) is 4.79 Å². The van der Waals surface area contributed by atoms with Gasteiger partial charge in [0.1, 0.15) is 5.82 Å². The van der Waals surface area contributed by atoms with Crippen molar-refractivity contribution < 1.29 is 13.9 Å². The van der Waals surface area contributed by atoms with Crippen molar-refractivity contribution in [2.24, 2.45) is 5.92 Å². The van der Waals surface area contributed by atoms with Crippen molar-refractivity contribution in [3.8, 4) is 15.6 Å². The zero-order chi connectivity index (χ0) is 22.9. The molecule has 0 aliphatic heterocycles. The Bertz CT molecular complexity index is 1310. The number of aromatic nitrogens is 2. The average molecular weight is 464 g/mol. The maximum absolute atomic E-state index is 13.8. The van der Waals surface area contributed by atoms with Crippen molar-refractivity contribution in [2.75, 3.05) is 20.2 Å². The summed E-state index contributed by atoms with van der Waals surface area (Å²) < 4.78 is 19.2. The van der Waals surface area contributed by atoms with Crippen LogP contribution in [0.15, 0.2) is 48.7 Å². The van der Waals surface area contributed by atoms with Crippen molar-refractivity contribution in [1.29, 1.82) is 0 Å². The first-order valence-corrected chi connectivity index (χ1v) is 12.0. The lowest BCUT2D eigenvalue weighted by molar-refractivity contribution is 0.0744. The summed E-state index contributed by atoms with van der Waals surface area (Å²) in [5.74, 6) is 0.202. The SMILES string of the molecule is COc1nc(C(=O)N(CCc2c[nH]c3ccc(F)cc23)CC2CC2)c(-c2cccc(C)c2)s1. The second kappa shape index (κ2) is 8.98. The summed E-state index contributed by atoms with van der Waals surface area (Å²) >= 11 is 1.39. The minimum Gasteiger partial charge on any atom is -0.473 e. The molecule has 1 N–H and O–H groups in total. The van der Waals surface area contributed by atoms with E-state index in [0.717, 1.165) is 45.3 Å². The van der Waals surface area contributed by atoms with Crippen LogP contribution in [-0.4, -0.2) is 41.0 Å². The summed E-state index contributed by atoms with van der Waals surface area (Å²) in [6.07, 6.45) is 4.84. The second-order valence-electron chi connectivity index (χ2n) is 8.68. The lowest BCUT2D eigenvalue weighted by atomic mass is 10.1. The van der Waals surface area contributed by atoms with E-state index in [4.69, 9.17) is 4.74 Å². The lowest BCUT2D eigenvalue weighted by Crippen LogP contribution is -2.35. The highest BCUT2D eigenvalue weighted by Gasteiger charge is 2.30. The number of amides is 1. The van der Waals surface area contributed by atoms with Crippen LogP contribution < -0.4 is 4.74 Å². The van der Waals surface area contributed by atoms with Crippen LogP contribution in [0.5, 0.6) is 5.19 Å². The number of carbonyl (C=O) groups is 1. The predicted octanol–water partition coefficient (Wildman–Crippen LogP) is 5.84. The van der Waals surface area contributed by atoms with Gasteiger partial charge in [-0.1, -0.05) is 41.2 Å². The minimum atomic E-state index is -0.258. The van der Waals surface area contributed by atoms with Gasteiger partial charge in [0.25, 0.3) is 11.1 Å². The average Bonchev–Trinajstić information content (AvgIpc) is 3.38. The van der Waals surface area contributed by atoms with Gasteiger partial charge in [-0.15, -0.1) is 0 Å². The maximum Gasteiger partial charge on any atom is 0.274 e. The normalized spacial score (nSPS) is 13.4. The largest absolute Gasteiger partial charge is 0.473 e. The van der Waals surface area contributed by atoms with Gasteiger partial charge < -0.3 is 14.6 Å². The summed E-state index contributed by atoms with van der Waals surface area (Å²) in [4.78, 5) is 24.2. The topological polar surface area (TPSA) is 58.2 Å². The van der Waals surface area contributed by atoms with Gasteiger partial charge in [0.05, 0.1) is 12.0 Å². The van der Waals surface area contributed by atoms with Crippen LogP contribution in [0, 0.1) is 18.7 Å². The molecular formula is C26H26FN3O2S. The molecule has 4 aromatic rings. The van der Waals surface area contributed by atoms with Crippen LogP contribution in [0.2, 0.25) is 0 Å². The van der Waals surface area contributed by atoms with Crippen LogP contribution in [0.25, 0.3) is 21.3 Å². The first kappa shape index (κ1) is 21.6. The number of fused-ring (bicyclic) bond motifs is 1. The Morgan fingerprint density at radius 2 is 2.12 bits per heavy atom. The molecule has 5 nitrogen and oxygen atoms in total. The van der Waals surface area contributed by atoms with Gasteiger partial charge in [0, 0.05) is 30.2 Å². The van der Waals surface area contributed by atoms with Crippen LogP contribution in [0.1, 0.15) is 34.5 Å². The number of nitrogens with zero attached hydrogens (tertiary/aromatic N) is 2. The highest BCUT2D eigenvalue weighted by Crippen LogP contribution is 2.36. The number of hydrogen-bond donors (Lipinski definition) is 1. The summed E-state index contributed by atoms with van der Waals surface area (Å²) in [5.41, 5.74) is 4.44. The smallest absolute Gasteiger partial charge is 0.274 e.